The molecule has 0 aliphatic carbocycles. The Kier molecular flexibility index (Phi) is 7.75. The van der Waals surface area contributed by atoms with E-state index in [0.29, 0.717) is 15.6 Å². The molecule has 0 heterocycles. The van der Waals surface area contributed by atoms with Gasteiger partial charge in [0.2, 0.25) is 5.91 Å². The Morgan fingerprint density at radius 2 is 1.68 bits per heavy atom. The summed E-state index contributed by atoms with van der Waals surface area (Å²) >= 11 is 12.9. The molecule has 2 aromatic carbocycles. The second kappa shape index (κ2) is 8.81. The number of carbonyl (C=O) groups is 1. The van der Waals surface area contributed by atoms with Gasteiger partial charge in [0, 0.05) is 30.8 Å². The van der Waals surface area contributed by atoms with E-state index < -0.39 is 5.91 Å². The molecule has 0 aliphatic heterocycles. The smallest absolute Gasteiger partial charge is 0.248 e. The van der Waals surface area contributed by atoms with Crippen LogP contribution in [0.4, 0.5) is 0 Å². The SMILES string of the molecule is N=Cc1cc(Br)cc(Br)c1O.NC(=O)c1ccc(Br)c(Br)c1. The van der Waals surface area contributed by atoms with Crippen molar-refractivity contribution in [3.8, 4) is 5.75 Å². The third-order valence-corrected chi connectivity index (χ3v) is 5.36. The van der Waals surface area contributed by atoms with Gasteiger partial charge in [0.15, 0.2) is 0 Å². The lowest BCUT2D eigenvalue weighted by atomic mass is 10.2. The van der Waals surface area contributed by atoms with Crippen molar-refractivity contribution in [2.45, 2.75) is 0 Å². The quantitative estimate of drug-likeness (QED) is 0.442. The van der Waals surface area contributed by atoms with Gasteiger partial charge in [0.25, 0.3) is 0 Å². The average molecular weight is 558 g/mol. The van der Waals surface area contributed by atoms with E-state index in [4.69, 9.17) is 11.1 Å². The second-order valence-corrected chi connectivity index (χ2v) is 7.44. The van der Waals surface area contributed by atoms with Crippen molar-refractivity contribution >= 4 is 75.8 Å². The molecule has 116 valence electrons. The molecule has 4 N–H and O–H groups in total. The number of halogens is 4. The third-order valence-electron chi connectivity index (χ3n) is 2.42. The molecule has 0 bridgehead atoms. The summed E-state index contributed by atoms with van der Waals surface area (Å²) in [6.07, 6.45) is 1.10. The summed E-state index contributed by atoms with van der Waals surface area (Å²) in [5, 5.41) is 16.3. The number of phenolic OH excluding ortho intramolecular Hbond substituents is 1. The first kappa shape index (κ1) is 19.3. The van der Waals surface area contributed by atoms with Crippen LogP contribution in [-0.2, 0) is 0 Å². The molecule has 0 saturated carbocycles. The van der Waals surface area contributed by atoms with Crippen LogP contribution >= 0.6 is 63.7 Å². The number of rotatable bonds is 2. The van der Waals surface area contributed by atoms with Gasteiger partial charge in [-0.3, -0.25) is 4.79 Å². The third kappa shape index (κ3) is 5.49. The first-order valence-electron chi connectivity index (χ1n) is 5.69. The molecule has 0 aromatic heterocycles. The molecule has 0 unspecified atom stereocenters. The number of nitrogens with one attached hydrogen (secondary N) is 1. The van der Waals surface area contributed by atoms with Crippen molar-refractivity contribution in [2.24, 2.45) is 5.73 Å². The normalized spacial score (nSPS) is 9.64. The van der Waals surface area contributed by atoms with Gasteiger partial charge >= 0.3 is 0 Å². The van der Waals surface area contributed by atoms with Crippen LogP contribution < -0.4 is 5.73 Å². The molecular weight excluding hydrogens is 548 g/mol. The maximum absolute atomic E-state index is 10.7. The predicted octanol–water partition coefficient (Wildman–Crippen LogP) is 5.23. The predicted molar refractivity (Wildman–Crippen MR) is 102 cm³/mol. The number of phenols is 1. The fourth-order valence-electron chi connectivity index (χ4n) is 1.35. The number of benzene rings is 2. The molecule has 0 atom stereocenters. The van der Waals surface area contributed by atoms with Crippen LogP contribution in [-0.4, -0.2) is 17.2 Å². The van der Waals surface area contributed by atoms with E-state index in [-0.39, 0.29) is 5.75 Å². The Hall–Kier alpha value is -0.700. The van der Waals surface area contributed by atoms with E-state index in [9.17, 15) is 9.90 Å². The van der Waals surface area contributed by atoms with Gasteiger partial charge in [0.1, 0.15) is 5.75 Å². The molecule has 1 amide bonds. The zero-order chi connectivity index (χ0) is 16.9. The highest BCUT2D eigenvalue weighted by Crippen LogP contribution is 2.30. The number of aromatic hydroxyl groups is 1. The summed E-state index contributed by atoms with van der Waals surface area (Å²) in [6.45, 7) is 0. The fourth-order valence-corrected chi connectivity index (χ4v) is 3.23. The van der Waals surface area contributed by atoms with Crippen molar-refractivity contribution in [3.63, 3.8) is 0 Å². The first-order valence-corrected chi connectivity index (χ1v) is 8.86. The van der Waals surface area contributed by atoms with Gasteiger partial charge in [-0.25, -0.2) is 0 Å². The lowest BCUT2D eigenvalue weighted by Crippen LogP contribution is -2.10. The molecule has 8 heteroatoms. The molecule has 0 saturated heterocycles. The van der Waals surface area contributed by atoms with Crippen LogP contribution in [0.25, 0.3) is 0 Å². The fraction of sp³-hybridized carbons (Fsp3) is 0. The highest BCUT2D eigenvalue weighted by Gasteiger charge is 2.04. The Bertz CT molecular complexity index is 720. The van der Waals surface area contributed by atoms with Gasteiger partial charge in [-0.05, 0) is 78.1 Å². The highest BCUT2D eigenvalue weighted by atomic mass is 79.9. The van der Waals surface area contributed by atoms with E-state index >= 15 is 0 Å². The average Bonchev–Trinajstić information content (AvgIpc) is 2.46. The number of primary amides is 1. The number of carbonyl (C=O) groups excluding carboxylic acids is 1. The van der Waals surface area contributed by atoms with Crippen LogP contribution in [0, 0.1) is 5.41 Å². The number of hydrogen-bond acceptors (Lipinski definition) is 3. The summed E-state index contributed by atoms with van der Waals surface area (Å²) in [5.41, 5.74) is 6.05. The zero-order valence-corrected chi connectivity index (χ0v) is 17.3. The number of amides is 1. The highest BCUT2D eigenvalue weighted by molar-refractivity contribution is 9.13. The molecule has 2 rings (SSSR count). The van der Waals surface area contributed by atoms with Gasteiger partial charge < -0.3 is 16.2 Å². The summed E-state index contributed by atoms with van der Waals surface area (Å²) in [4.78, 5) is 10.7. The Morgan fingerprint density at radius 3 is 2.18 bits per heavy atom. The summed E-state index contributed by atoms with van der Waals surface area (Å²) in [6, 6.07) is 8.50. The van der Waals surface area contributed by atoms with Crippen LogP contribution in [0.5, 0.6) is 5.75 Å². The van der Waals surface area contributed by atoms with Crippen molar-refractivity contribution in [3.05, 3.63) is 59.3 Å². The Labute approximate surface area is 161 Å². The first-order chi connectivity index (χ1) is 10.3. The molecule has 2 aromatic rings. The second-order valence-electron chi connectivity index (χ2n) is 3.96. The van der Waals surface area contributed by atoms with Crippen molar-refractivity contribution in [2.75, 3.05) is 0 Å². The molecule has 22 heavy (non-hydrogen) atoms. The van der Waals surface area contributed by atoms with Crippen LogP contribution in [0.15, 0.2) is 48.2 Å². The molecular formula is C14H10Br4N2O2. The van der Waals surface area contributed by atoms with E-state index in [0.717, 1.165) is 19.6 Å². The van der Waals surface area contributed by atoms with Crippen molar-refractivity contribution in [1.29, 1.82) is 5.41 Å². The monoisotopic (exact) mass is 554 g/mol. The minimum Gasteiger partial charge on any atom is -0.506 e. The maximum Gasteiger partial charge on any atom is 0.248 e. The lowest BCUT2D eigenvalue weighted by Gasteiger charge is -2.01. The maximum atomic E-state index is 10.7. The molecule has 0 spiro atoms. The molecule has 4 nitrogen and oxygen atoms in total. The van der Waals surface area contributed by atoms with E-state index in [2.05, 4.69) is 63.7 Å². The molecule has 0 aliphatic rings. The summed E-state index contributed by atoms with van der Waals surface area (Å²) in [5.74, 6) is -0.318. The van der Waals surface area contributed by atoms with E-state index in [1.54, 1.807) is 30.3 Å². The standard InChI is InChI=1S/2C7H5Br2NO/c8-5-1-4(3-10)7(11)6(9)2-5;8-5-2-1-4(7(10)11)3-6(5)9/h1-3,10-11H;1-3H,(H2,10,11). The van der Waals surface area contributed by atoms with Crippen LogP contribution in [0.3, 0.4) is 0 Å². The van der Waals surface area contributed by atoms with Crippen molar-refractivity contribution < 1.29 is 9.90 Å². The van der Waals surface area contributed by atoms with Gasteiger partial charge in [0.05, 0.1) is 4.47 Å². The van der Waals surface area contributed by atoms with E-state index in [1.807, 2.05) is 0 Å². The van der Waals surface area contributed by atoms with Crippen LogP contribution in [0.2, 0.25) is 0 Å². The topological polar surface area (TPSA) is 87.2 Å². The van der Waals surface area contributed by atoms with Crippen molar-refractivity contribution in [1.82, 2.24) is 0 Å². The lowest BCUT2D eigenvalue weighted by molar-refractivity contribution is 0.1000. The zero-order valence-electron chi connectivity index (χ0n) is 10.9. The van der Waals surface area contributed by atoms with Gasteiger partial charge in [-0.15, -0.1) is 0 Å². The Balaban J connectivity index is 0.000000220. The number of nitrogens with two attached hydrogens (primary N) is 1. The van der Waals surface area contributed by atoms with E-state index in [1.165, 1.54) is 0 Å². The van der Waals surface area contributed by atoms with Gasteiger partial charge in [-0.1, -0.05) is 15.9 Å². The minimum absolute atomic E-state index is 0.100. The summed E-state index contributed by atoms with van der Waals surface area (Å²) < 4.78 is 3.15. The van der Waals surface area contributed by atoms with Gasteiger partial charge in [-0.2, -0.15) is 0 Å². The molecule has 0 radical (unpaired) electrons. The van der Waals surface area contributed by atoms with Crippen LogP contribution in [0.1, 0.15) is 15.9 Å². The molecule has 0 fully saturated rings. The number of hydrogen-bond donors (Lipinski definition) is 3. The summed E-state index contributed by atoms with van der Waals surface area (Å²) in [7, 11) is 0. The largest absolute Gasteiger partial charge is 0.506 e. The minimum atomic E-state index is -0.418. The Morgan fingerprint density at radius 1 is 1.05 bits per heavy atom.